The van der Waals surface area contributed by atoms with E-state index < -0.39 is 0 Å². The molecule has 0 aliphatic heterocycles. The molecule has 3 heteroatoms. The van der Waals surface area contributed by atoms with Gasteiger partial charge in [-0.1, -0.05) is 0 Å². The molecule has 2 saturated carbocycles. The fourth-order valence-electron chi connectivity index (χ4n) is 1.92. The van der Waals surface area contributed by atoms with E-state index in [1.807, 2.05) is 6.92 Å². The highest BCUT2D eigenvalue weighted by molar-refractivity contribution is 5.71. The van der Waals surface area contributed by atoms with E-state index >= 15 is 0 Å². The van der Waals surface area contributed by atoms with E-state index in [2.05, 4.69) is 4.90 Å². The molecule has 0 N–H and O–H groups in total. The zero-order valence-corrected chi connectivity index (χ0v) is 9.58. The van der Waals surface area contributed by atoms with Crippen LogP contribution in [0.25, 0.3) is 0 Å². The Morgan fingerprint density at radius 3 is 2.13 bits per heavy atom. The van der Waals surface area contributed by atoms with Crippen molar-refractivity contribution in [2.24, 2.45) is 11.8 Å². The van der Waals surface area contributed by atoms with Gasteiger partial charge in [0, 0.05) is 13.1 Å². The lowest BCUT2D eigenvalue weighted by atomic mass is 10.3. The molecule has 0 aromatic rings. The second-order valence-electron chi connectivity index (χ2n) is 4.89. The number of carbonyl (C=O) groups is 1. The summed E-state index contributed by atoms with van der Waals surface area (Å²) in [6, 6.07) is 0. The van der Waals surface area contributed by atoms with E-state index in [0.29, 0.717) is 13.2 Å². The lowest BCUT2D eigenvalue weighted by Gasteiger charge is -2.20. The van der Waals surface area contributed by atoms with E-state index in [1.165, 1.54) is 25.7 Å². The number of rotatable bonds is 7. The number of esters is 1. The summed E-state index contributed by atoms with van der Waals surface area (Å²) in [6.45, 7) is 5.08. The van der Waals surface area contributed by atoms with Crippen molar-refractivity contribution in [1.82, 2.24) is 4.90 Å². The van der Waals surface area contributed by atoms with Crippen molar-refractivity contribution >= 4 is 5.97 Å². The first-order valence-corrected chi connectivity index (χ1v) is 6.16. The van der Waals surface area contributed by atoms with Crippen LogP contribution in [-0.4, -0.2) is 37.1 Å². The minimum atomic E-state index is -0.0567. The topological polar surface area (TPSA) is 29.5 Å². The van der Waals surface area contributed by atoms with Gasteiger partial charge in [0.15, 0.2) is 0 Å². The summed E-state index contributed by atoms with van der Waals surface area (Å²) in [5, 5.41) is 0. The van der Waals surface area contributed by atoms with Gasteiger partial charge in [0.2, 0.25) is 0 Å². The Labute approximate surface area is 91.8 Å². The van der Waals surface area contributed by atoms with Crippen LogP contribution < -0.4 is 0 Å². The minimum absolute atomic E-state index is 0.0567. The molecule has 0 spiro atoms. The van der Waals surface area contributed by atoms with Gasteiger partial charge < -0.3 is 4.74 Å². The Balaban J connectivity index is 1.71. The zero-order valence-electron chi connectivity index (χ0n) is 9.58. The predicted octanol–water partition coefficient (Wildman–Crippen LogP) is 1.67. The highest BCUT2D eigenvalue weighted by Gasteiger charge is 2.30. The van der Waals surface area contributed by atoms with Crippen LogP contribution in [0, 0.1) is 11.8 Å². The van der Waals surface area contributed by atoms with E-state index in [9.17, 15) is 4.79 Å². The van der Waals surface area contributed by atoms with E-state index in [1.54, 1.807) is 0 Å². The Hall–Kier alpha value is -0.570. The van der Waals surface area contributed by atoms with Crippen molar-refractivity contribution in [2.75, 3.05) is 26.2 Å². The van der Waals surface area contributed by atoms with Crippen molar-refractivity contribution in [3.8, 4) is 0 Å². The molecule has 0 amide bonds. The minimum Gasteiger partial charge on any atom is -0.465 e. The van der Waals surface area contributed by atoms with Gasteiger partial charge in [0.05, 0.1) is 13.2 Å². The number of nitrogens with zero attached hydrogens (tertiary/aromatic N) is 1. The van der Waals surface area contributed by atoms with Gasteiger partial charge in [-0.3, -0.25) is 9.69 Å². The van der Waals surface area contributed by atoms with Crippen LogP contribution >= 0.6 is 0 Å². The van der Waals surface area contributed by atoms with Crippen molar-refractivity contribution in [3.63, 3.8) is 0 Å². The molecule has 0 heterocycles. The maximum Gasteiger partial charge on any atom is 0.320 e. The quantitative estimate of drug-likeness (QED) is 0.600. The fourth-order valence-corrected chi connectivity index (χ4v) is 1.92. The van der Waals surface area contributed by atoms with Crippen LogP contribution in [-0.2, 0) is 9.53 Å². The van der Waals surface area contributed by atoms with Crippen LogP contribution in [0.15, 0.2) is 0 Å². The second-order valence-corrected chi connectivity index (χ2v) is 4.89. The SMILES string of the molecule is CCOC(=O)CN(CC1CC1)CC1CC1. The fraction of sp³-hybridized carbons (Fsp3) is 0.917. The first kappa shape index (κ1) is 10.9. The standard InChI is InChI=1S/C12H21NO2/c1-2-15-12(14)9-13(7-10-3-4-10)8-11-5-6-11/h10-11H,2-9H2,1H3. The molecule has 0 atom stereocenters. The lowest BCUT2D eigenvalue weighted by molar-refractivity contribution is -0.144. The molecule has 2 aliphatic carbocycles. The van der Waals surface area contributed by atoms with Gasteiger partial charge in [-0.2, -0.15) is 0 Å². The second kappa shape index (κ2) is 4.97. The van der Waals surface area contributed by atoms with Crippen molar-refractivity contribution < 1.29 is 9.53 Å². The van der Waals surface area contributed by atoms with Gasteiger partial charge in [-0.15, -0.1) is 0 Å². The van der Waals surface area contributed by atoms with Gasteiger partial charge >= 0.3 is 5.97 Å². The summed E-state index contributed by atoms with van der Waals surface area (Å²) in [6.07, 6.45) is 5.40. The number of hydrogen-bond acceptors (Lipinski definition) is 3. The van der Waals surface area contributed by atoms with E-state index in [0.717, 1.165) is 24.9 Å². The number of ether oxygens (including phenoxy) is 1. The molecular weight excluding hydrogens is 190 g/mol. The Bertz CT molecular complexity index is 208. The average Bonchev–Trinajstić information content (AvgIpc) is 2.99. The third-order valence-corrected chi connectivity index (χ3v) is 3.08. The largest absolute Gasteiger partial charge is 0.465 e. The van der Waals surface area contributed by atoms with Gasteiger partial charge in [0.1, 0.15) is 0 Å². The van der Waals surface area contributed by atoms with Crippen molar-refractivity contribution in [2.45, 2.75) is 32.6 Å². The summed E-state index contributed by atoms with van der Waals surface area (Å²) >= 11 is 0. The summed E-state index contributed by atoms with van der Waals surface area (Å²) in [4.78, 5) is 13.7. The van der Waals surface area contributed by atoms with Gasteiger partial charge in [-0.25, -0.2) is 0 Å². The molecule has 0 unspecified atom stereocenters. The van der Waals surface area contributed by atoms with Crippen molar-refractivity contribution in [1.29, 1.82) is 0 Å². The molecule has 15 heavy (non-hydrogen) atoms. The molecule has 2 aliphatic rings. The maximum atomic E-state index is 11.4. The van der Waals surface area contributed by atoms with E-state index in [-0.39, 0.29) is 5.97 Å². The molecule has 2 rings (SSSR count). The molecule has 86 valence electrons. The maximum absolute atomic E-state index is 11.4. The smallest absolute Gasteiger partial charge is 0.320 e. The summed E-state index contributed by atoms with van der Waals surface area (Å²) in [5.74, 6) is 1.66. The first-order valence-electron chi connectivity index (χ1n) is 6.16. The number of hydrogen-bond donors (Lipinski definition) is 0. The van der Waals surface area contributed by atoms with Crippen LogP contribution in [0.3, 0.4) is 0 Å². The molecular formula is C12H21NO2. The predicted molar refractivity (Wildman–Crippen MR) is 58.5 cm³/mol. The van der Waals surface area contributed by atoms with E-state index in [4.69, 9.17) is 4.74 Å². The normalized spacial score (nSPS) is 20.7. The van der Waals surface area contributed by atoms with Crippen LogP contribution in [0.5, 0.6) is 0 Å². The van der Waals surface area contributed by atoms with Gasteiger partial charge in [0.25, 0.3) is 0 Å². The molecule has 3 nitrogen and oxygen atoms in total. The highest BCUT2D eigenvalue weighted by Crippen LogP contribution is 2.33. The Morgan fingerprint density at radius 2 is 1.73 bits per heavy atom. The van der Waals surface area contributed by atoms with Gasteiger partial charge in [-0.05, 0) is 44.4 Å². The molecule has 0 radical (unpaired) electrons. The first-order chi connectivity index (χ1) is 7.28. The Morgan fingerprint density at radius 1 is 1.20 bits per heavy atom. The van der Waals surface area contributed by atoms with Crippen molar-refractivity contribution in [3.05, 3.63) is 0 Å². The lowest BCUT2D eigenvalue weighted by Crippen LogP contribution is -2.34. The molecule has 2 fully saturated rings. The van der Waals surface area contributed by atoms with Crippen LogP contribution in [0.2, 0.25) is 0 Å². The molecule has 0 aromatic carbocycles. The third kappa shape index (κ3) is 4.20. The monoisotopic (exact) mass is 211 g/mol. The summed E-state index contributed by atoms with van der Waals surface area (Å²) < 4.78 is 5.00. The average molecular weight is 211 g/mol. The molecule has 0 aromatic heterocycles. The third-order valence-electron chi connectivity index (χ3n) is 3.08. The zero-order chi connectivity index (χ0) is 10.7. The summed E-state index contributed by atoms with van der Waals surface area (Å²) in [5.41, 5.74) is 0. The number of carbonyl (C=O) groups excluding carboxylic acids is 1. The Kier molecular flexibility index (Phi) is 3.62. The molecule has 0 saturated heterocycles. The summed E-state index contributed by atoms with van der Waals surface area (Å²) in [7, 11) is 0. The highest BCUT2D eigenvalue weighted by atomic mass is 16.5. The molecule has 0 bridgehead atoms. The van der Waals surface area contributed by atoms with Crippen LogP contribution in [0.1, 0.15) is 32.6 Å². The van der Waals surface area contributed by atoms with Crippen LogP contribution in [0.4, 0.5) is 0 Å².